The van der Waals surface area contributed by atoms with Crippen LogP contribution in [0.15, 0.2) is 18.2 Å². The molecule has 0 atom stereocenters. The molecule has 1 aliphatic rings. The quantitative estimate of drug-likeness (QED) is 0.873. The first-order valence-electron chi connectivity index (χ1n) is 7.37. The van der Waals surface area contributed by atoms with E-state index in [2.05, 4.69) is 5.32 Å². The summed E-state index contributed by atoms with van der Waals surface area (Å²) in [6.45, 7) is 0.125. The van der Waals surface area contributed by atoms with Crippen LogP contribution in [0.25, 0.3) is 0 Å². The van der Waals surface area contributed by atoms with Gasteiger partial charge in [-0.2, -0.15) is 0 Å². The number of rotatable bonds is 5. The van der Waals surface area contributed by atoms with Crippen LogP contribution in [0.1, 0.15) is 37.7 Å². The summed E-state index contributed by atoms with van der Waals surface area (Å²) >= 11 is 5.89. The van der Waals surface area contributed by atoms with Crippen LogP contribution < -0.4 is 5.32 Å². The molecule has 2 rings (SSSR count). The molecule has 1 aliphatic carbocycles. The Bertz CT molecular complexity index is 571. The van der Waals surface area contributed by atoms with Gasteiger partial charge in [-0.1, -0.05) is 36.9 Å². The van der Waals surface area contributed by atoms with Gasteiger partial charge in [0.25, 0.3) is 0 Å². The third kappa shape index (κ3) is 3.97. The third-order valence-corrected chi connectivity index (χ3v) is 4.61. The molecule has 0 saturated heterocycles. The average molecular weight is 328 g/mol. The van der Waals surface area contributed by atoms with Gasteiger partial charge in [-0.05, 0) is 30.5 Å². The molecule has 1 aromatic rings. The van der Waals surface area contributed by atoms with E-state index in [1.54, 1.807) is 0 Å². The lowest BCUT2D eigenvalue weighted by atomic mass is 9.74. The van der Waals surface area contributed by atoms with Crippen molar-refractivity contribution in [3.05, 3.63) is 34.6 Å². The van der Waals surface area contributed by atoms with Crippen LogP contribution in [-0.2, 0) is 16.0 Å². The zero-order chi connectivity index (χ0) is 16.2. The van der Waals surface area contributed by atoms with Crippen LogP contribution in [0.3, 0.4) is 0 Å². The molecule has 22 heavy (non-hydrogen) atoms. The Kier molecular flexibility index (Phi) is 5.40. The molecule has 0 aromatic heterocycles. The second kappa shape index (κ2) is 7.09. The van der Waals surface area contributed by atoms with Crippen molar-refractivity contribution in [3.8, 4) is 0 Å². The number of carbonyl (C=O) groups excluding carboxylic acids is 1. The maximum atomic E-state index is 13.0. The van der Waals surface area contributed by atoms with Crippen molar-refractivity contribution >= 4 is 23.5 Å². The van der Waals surface area contributed by atoms with Crippen molar-refractivity contribution in [1.29, 1.82) is 0 Å². The first-order valence-corrected chi connectivity index (χ1v) is 7.75. The van der Waals surface area contributed by atoms with E-state index in [1.165, 1.54) is 12.1 Å². The summed E-state index contributed by atoms with van der Waals surface area (Å²) in [4.78, 5) is 23.5. The molecule has 1 aromatic carbocycles. The largest absolute Gasteiger partial charge is 0.481 e. The molecule has 2 N–H and O–H groups in total. The summed E-state index contributed by atoms with van der Waals surface area (Å²) < 4.78 is 13.0. The Labute approximate surface area is 133 Å². The molecule has 0 aliphatic heterocycles. The fourth-order valence-electron chi connectivity index (χ4n) is 2.86. The van der Waals surface area contributed by atoms with Crippen molar-refractivity contribution in [2.75, 3.05) is 6.54 Å². The zero-order valence-corrected chi connectivity index (χ0v) is 13.0. The van der Waals surface area contributed by atoms with E-state index in [4.69, 9.17) is 11.6 Å². The lowest BCUT2D eigenvalue weighted by molar-refractivity contribution is -0.151. The van der Waals surface area contributed by atoms with E-state index < -0.39 is 17.2 Å². The first-order chi connectivity index (χ1) is 10.4. The lowest BCUT2D eigenvalue weighted by Gasteiger charge is -2.33. The molecule has 4 nitrogen and oxygen atoms in total. The minimum absolute atomic E-state index is 0.00874. The number of carbonyl (C=O) groups is 2. The monoisotopic (exact) mass is 327 g/mol. The van der Waals surface area contributed by atoms with Crippen molar-refractivity contribution in [3.63, 3.8) is 0 Å². The van der Waals surface area contributed by atoms with Crippen molar-refractivity contribution in [2.24, 2.45) is 5.41 Å². The SMILES string of the molecule is O=C(Cc1ccc(F)cc1Cl)NCC1(C(=O)O)CCCCC1. The van der Waals surface area contributed by atoms with Gasteiger partial charge in [-0.3, -0.25) is 9.59 Å². The summed E-state index contributed by atoms with van der Waals surface area (Å²) in [6.07, 6.45) is 3.95. The summed E-state index contributed by atoms with van der Waals surface area (Å²) in [5, 5.41) is 12.3. The normalized spacial score (nSPS) is 17.0. The highest BCUT2D eigenvalue weighted by atomic mass is 35.5. The molecule has 1 saturated carbocycles. The highest BCUT2D eigenvalue weighted by Gasteiger charge is 2.39. The summed E-state index contributed by atoms with van der Waals surface area (Å²) in [6, 6.07) is 3.86. The highest BCUT2D eigenvalue weighted by Crippen LogP contribution is 2.36. The van der Waals surface area contributed by atoms with Gasteiger partial charge in [0.1, 0.15) is 5.82 Å². The van der Waals surface area contributed by atoms with Gasteiger partial charge < -0.3 is 10.4 Å². The number of hydrogen-bond acceptors (Lipinski definition) is 2. The fourth-order valence-corrected chi connectivity index (χ4v) is 3.10. The molecule has 1 amide bonds. The topological polar surface area (TPSA) is 66.4 Å². The van der Waals surface area contributed by atoms with Crippen LogP contribution in [0.2, 0.25) is 5.02 Å². The zero-order valence-electron chi connectivity index (χ0n) is 12.2. The molecule has 120 valence electrons. The number of halogens is 2. The Morgan fingerprint density at radius 3 is 2.55 bits per heavy atom. The van der Waals surface area contributed by atoms with Gasteiger partial charge in [-0.25, -0.2) is 4.39 Å². The fraction of sp³-hybridized carbons (Fsp3) is 0.500. The van der Waals surface area contributed by atoms with Crippen LogP contribution >= 0.6 is 11.6 Å². The molecule has 1 fully saturated rings. The van der Waals surface area contributed by atoms with Gasteiger partial charge >= 0.3 is 5.97 Å². The number of nitrogens with one attached hydrogen (secondary N) is 1. The molecular formula is C16H19ClFNO3. The Morgan fingerprint density at radius 2 is 1.95 bits per heavy atom. The first kappa shape index (κ1) is 16.7. The maximum absolute atomic E-state index is 13.0. The van der Waals surface area contributed by atoms with Crippen molar-refractivity contribution < 1.29 is 19.1 Å². The number of hydrogen-bond donors (Lipinski definition) is 2. The summed E-state index contributed by atoms with van der Waals surface area (Å²) in [7, 11) is 0. The number of carboxylic acids is 1. The van der Waals surface area contributed by atoms with Crippen LogP contribution in [0.4, 0.5) is 4.39 Å². The van der Waals surface area contributed by atoms with Gasteiger partial charge in [0.15, 0.2) is 0 Å². The van der Waals surface area contributed by atoms with E-state index in [0.29, 0.717) is 18.4 Å². The van der Waals surface area contributed by atoms with E-state index in [0.717, 1.165) is 25.3 Å². The Hall–Kier alpha value is -1.62. The predicted octanol–water partition coefficient (Wildman–Crippen LogP) is 3.17. The summed E-state index contributed by atoms with van der Waals surface area (Å²) in [5.74, 6) is -1.62. The van der Waals surface area contributed by atoms with Gasteiger partial charge in [-0.15, -0.1) is 0 Å². The molecule has 0 spiro atoms. The molecule has 0 heterocycles. The number of carboxylic acid groups (broad SMARTS) is 1. The number of benzene rings is 1. The molecule has 0 radical (unpaired) electrons. The second-order valence-corrected chi connectivity index (χ2v) is 6.24. The second-order valence-electron chi connectivity index (χ2n) is 5.84. The maximum Gasteiger partial charge on any atom is 0.311 e. The number of amides is 1. The number of aliphatic carboxylic acids is 1. The van der Waals surface area contributed by atoms with Gasteiger partial charge in [0, 0.05) is 11.6 Å². The van der Waals surface area contributed by atoms with Crippen LogP contribution in [0.5, 0.6) is 0 Å². The highest BCUT2D eigenvalue weighted by molar-refractivity contribution is 6.31. The van der Waals surface area contributed by atoms with Crippen molar-refractivity contribution in [2.45, 2.75) is 38.5 Å². The average Bonchev–Trinajstić information content (AvgIpc) is 2.49. The molecule has 0 bridgehead atoms. The smallest absolute Gasteiger partial charge is 0.311 e. The third-order valence-electron chi connectivity index (χ3n) is 4.25. The van der Waals surface area contributed by atoms with E-state index >= 15 is 0 Å². The summed E-state index contributed by atoms with van der Waals surface area (Å²) in [5.41, 5.74) is -0.339. The van der Waals surface area contributed by atoms with Crippen molar-refractivity contribution in [1.82, 2.24) is 5.32 Å². The lowest BCUT2D eigenvalue weighted by Crippen LogP contribution is -2.44. The van der Waals surface area contributed by atoms with Crippen LogP contribution in [-0.4, -0.2) is 23.5 Å². The molecule has 6 heteroatoms. The van der Waals surface area contributed by atoms with E-state index in [9.17, 15) is 19.1 Å². The standard InChI is InChI=1S/C16H19ClFNO3/c17-13-9-12(18)5-4-11(13)8-14(20)19-10-16(15(21)22)6-2-1-3-7-16/h4-5,9H,1-3,6-8,10H2,(H,19,20)(H,21,22). The molecule has 0 unspecified atom stereocenters. The minimum Gasteiger partial charge on any atom is -0.481 e. The van der Waals surface area contributed by atoms with Gasteiger partial charge in [0.05, 0.1) is 11.8 Å². The van der Waals surface area contributed by atoms with E-state index in [-0.39, 0.29) is 23.9 Å². The van der Waals surface area contributed by atoms with Gasteiger partial charge in [0.2, 0.25) is 5.91 Å². The Morgan fingerprint density at radius 1 is 1.27 bits per heavy atom. The minimum atomic E-state index is -0.861. The Balaban J connectivity index is 1.95. The molecular weight excluding hydrogens is 309 g/mol. The van der Waals surface area contributed by atoms with Crippen LogP contribution in [0, 0.1) is 11.2 Å². The van der Waals surface area contributed by atoms with E-state index in [1.807, 2.05) is 0 Å². The predicted molar refractivity (Wildman–Crippen MR) is 81.3 cm³/mol.